The summed E-state index contributed by atoms with van der Waals surface area (Å²) in [6.07, 6.45) is 0. The van der Waals surface area contributed by atoms with E-state index in [0.717, 1.165) is 77.1 Å². The molecule has 0 N–H and O–H groups in total. The van der Waals surface area contributed by atoms with Gasteiger partial charge in [-0.15, -0.1) is 0 Å². The first-order valence-corrected chi connectivity index (χ1v) is 26.1. The van der Waals surface area contributed by atoms with Crippen molar-refractivity contribution in [2.45, 2.75) is 0 Å². The van der Waals surface area contributed by atoms with Gasteiger partial charge >= 0.3 is 0 Å². The van der Waals surface area contributed by atoms with E-state index < -0.39 is 8.07 Å². The smallest absolute Gasteiger partial charge is 0.250 e. The minimum Gasteiger partial charge on any atom is -0.458 e. The number of fused-ring (bicyclic) bond motifs is 8. The van der Waals surface area contributed by atoms with Crippen molar-refractivity contribution < 1.29 is 4.74 Å². The Bertz CT molecular complexity index is 3790. The summed E-state index contributed by atoms with van der Waals surface area (Å²) >= 11 is 0. The van der Waals surface area contributed by atoms with Crippen LogP contribution >= 0.6 is 0 Å². The molecule has 0 aliphatic carbocycles. The second-order valence-electron chi connectivity index (χ2n) is 18.3. The van der Waals surface area contributed by atoms with Crippen molar-refractivity contribution in [2.24, 2.45) is 0 Å². The Morgan fingerprint density at radius 3 is 1.13 bits per heavy atom. The number of nitrogens with zero attached hydrogens (tertiary/aromatic N) is 5. The van der Waals surface area contributed by atoms with Gasteiger partial charge < -0.3 is 4.74 Å². The molecular formula is C63H42BN5OSi. The Morgan fingerprint density at radius 2 is 0.704 bits per heavy atom. The molecule has 0 spiro atoms. The van der Waals surface area contributed by atoms with Crippen molar-refractivity contribution in [3.63, 3.8) is 0 Å². The van der Waals surface area contributed by atoms with Crippen LogP contribution in [0.15, 0.2) is 255 Å². The van der Waals surface area contributed by atoms with Crippen molar-refractivity contribution in [3.8, 4) is 34.8 Å². The molecule has 1 aliphatic rings. The average molecular weight is 924 g/mol. The molecule has 0 atom stereocenters. The number of aromatic nitrogens is 5. The van der Waals surface area contributed by atoms with Gasteiger partial charge in [0.15, 0.2) is 13.9 Å². The molecule has 0 fully saturated rings. The van der Waals surface area contributed by atoms with Crippen molar-refractivity contribution in [3.05, 3.63) is 255 Å². The molecule has 0 amide bonds. The maximum Gasteiger partial charge on any atom is 0.250 e. The van der Waals surface area contributed by atoms with Gasteiger partial charge in [0.25, 0.3) is 6.71 Å². The van der Waals surface area contributed by atoms with E-state index in [4.69, 9.17) is 19.7 Å². The van der Waals surface area contributed by atoms with Crippen molar-refractivity contribution in [1.29, 1.82) is 0 Å². The number of benzene rings is 10. The van der Waals surface area contributed by atoms with Crippen LogP contribution in [0.5, 0.6) is 11.5 Å². The molecule has 332 valence electrons. The van der Waals surface area contributed by atoms with Crippen LogP contribution in [0.3, 0.4) is 0 Å². The lowest BCUT2D eigenvalue weighted by atomic mass is 9.36. The average Bonchev–Trinajstić information content (AvgIpc) is 3.96. The first-order chi connectivity index (χ1) is 35.2. The highest BCUT2D eigenvalue weighted by atomic mass is 28.3. The Hall–Kier alpha value is -9.11. The number of para-hydroxylation sites is 6. The topological polar surface area (TPSA) is 57.8 Å². The predicted octanol–water partition coefficient (Wildman–Crippen LogP) is 9.73. The van der Waals surface area contributed by atoms with E-state index in [-0.39, 0.29) is 6.71 Å². The third-order valence-electron chi connectivity index (χ3n) is 14.5. The normalized spacial score (nSPS) is 12.3. The second kappa shape index (κ2) is 16.5. The lowest BCUT2D eigenvalue weighted by molar-refractivity contribution is 0.487. The lowest BCUT2D eigenvalue weighted by Gasteiger charge is -2.35. The zero-order valence-electron chi connectivity index (χ0n) is 38.5. The lowest BCUT2D eigenvalue weighted by Crippen LogP contribution is -2.75. The predicted molar refractivity (Wildman–Crippen MR) is 295 cm³/mol. The van der Waals surface area contributed by atoms with Gasteiger partial charge in [0.05, 0.1) is 22.1 Å². The quantitative estimate of drug-likeness (QED) is 0.113. The number of hydrogen-bond donors (Lipinski definition) is 0. The molecule has 0 radical (unpaired) electrons. The molecule has 13 aromatic rings. The molecule has 4 heterocycles. The summed E-state index contributed by atoms with van der Waals surface area (Å²) in [7, 11) is -3.13. The van der Waals surface area contributed by atoms with Gasteiger partial charge in [-0.25, -0.2) is 0 Å². The van der Waals surface area contributed by atoms with E-state index in [1.807, 2.05) is 0 Å². The Balaban J connectivity index is 1.14. The molecular weight excluding hydrogens is 882 g/mol. The molecule has 3 aromatic heterocycles. The highest BCUT2D eigenvalue weighted by Crippen LogP contribution is 2.35. The fourth-order valence-corrected chi connectivity index (χ4v) is 16.3. The van der Waals surface area contributed by atoms with E-state index in [2.05, 4.69) is 264 Å². The van der Waals surface area contributed by atoms with Gasteiger partial charge in [0, 0.05) is 27.1 Å². The van der Waals surface area contributed by atoms with Crippen LogP contribution in [-0.2, 0) is 0 Å². The molecule has 6 nitrogen and oxygen atoms in total. The van der Waals surface area contributed by atoms with Crippen molar-refractivity contribution >= 4 is 95.5 Å². The first-order valence-electron chi connectivity index (χ1n) is 24.1. The Labute approximate surface area is 411 Å². The van der Waals surface area contributed by atoms with Crippen molar-refractivity contribution in [2.75, 3.05) is 0 Å². The fraction of sp³-hybridized carbons (Fsp3) is 0. The minimum absolute atomic E-state index is 0.167. The Kier molecular flexibility index (Phi) is 9.54. The first kappa shape index (κ1) is 40.9. The monoisotopic (exact) mass is 923 g/mol. The molecule has 10 aromatic carbocycles. The highest BCUT2D eigenvalue weighted by molar-refractivity contribution is 7.20. The second-order valence-corrected chi connectivity index (χ2v) is 22.1. The van der Waals surface area contributed by atoms with E-state index in [0.29, 0.717) is 17.7 Å². The van der Waals surface area contributed by atoms with E-state index in [1.54, 1.807) is 0 Å². The van der Waals surface area contributed by atoms with Crippen LogP contribution in [0.4, 0.5) is 0 Å². The van der Waals surface area contributed by atoms with Gasteiger partial charge in [-0.3, -0.25) is 9.13 Å². The molecule has 0 bridgehead atoms. The van der Waals surface area contributed by atoms with E-state index in [1.165, 1.54) is 20.7 Å². The van der Waals surface area contributed by atoms with Gasteiger partial charge in [0.2, 0.25) is 11.9 Å². The van der Waals surface area contributed by atoms with Crippen molar-refractivity contribution in [1.82, 2.24) is 24.1 Å². The SMILES string of the molecule is c1ccc([Si](c2ccccc2)(c2ccccc2)c2cc(B3c4ccccc4Oc4ccccc43)cc(-c3nc(-n4c5ccccc5c5ccccc54)nc(-n4c5ccccc5c5ccccc54)n3)c2)cc1. The number of rotatable bonds is 8. The van der Waals surface area contributed by atoms with Crippen LogP contribution < -0.4 is 41.9 Å². The molecule has 0 saturated carbocycles. The summed E-state index contributed by atoms with van der Waals surface area (Å²) in [6.45, 7) is -0.167. The Morgan fingerprint density at radius 1 is 0.338 bits per heavy atom. The fourth-order valence-electron chi connectivity index (χ4n) is 11.5. The summed E-state index contributed by atoms with van der Waals surface area (Å²) in [6, 6.07) is 91.7. The standard InChI is InChI=1S/C63H42BN5OSi/c1-4-22-45(23-5-1)71(46-24-6-2-7-25-46,47-26-8-3-9-27-47)48-41-43(40-44(42-48)64-53-32-14-20-38-59(53)70-60-39-21-15-33-54(60)64)61-65-62(68-55-34-16-10-28-49(55)50-29-11-17-35-56(50)68)67-63(66-61)69-57-36-18-12-30-51(57)52-31-13-19-37-58(52)69/h1-42H. The summed E-state index contributed by atoms with van der Waals surface area (Å²) in [4.78, 5) is 16.8. The zero-order valence-corrected chi connectivity index (χ0v) is 39.5. The molecule has 0 saturated heterocycles. The van der Waals surface area contributed by atoms with Gasteiger partial charge in [-0.05, 0) is 68.1 Å². The number of ether oxygens (including phenoxy) is 1. The third kappa shape index (κ3) is 6.45. The van der Waals surface area contributed by atoms with E-state index in [9.17, 15) is 0 Å². The van der Waals surface area contributed by atoms with Crippen LogP contribution in [-0.4, -0.2) is 38.9 Å². The summed E-state index contributed by atoms with van der Waals surface area (Å²) < 4.78 is 11.1. The third-order valence-corrected chi connectivity index (χ3v) is 19.2. The van der Waals surface area contributed by atoms with E-state index >= 15 is 0 Å². The van der Waals surface area contributed by atoms with Crippen LogP contribution in [0, 0.1) is 0 Å². The largest absolute Gasteiger partial charge is 0.458 e. The molecule has 8 heteroatoms. The van der Waals surface area contributed by atoms with Crippen LogP contribution in [0.2, 0.25) is 0 Å². The summed E-state index contributed by atoms with van der Waals surface area (Å²) in [5, 5.41) is 9.58. The molecule has 14 rings (SSSR count). The van der Waals surface area contributed by atoms with Gasteiger partial charge in [-0.2, -0.15) is 15.0 Å². The number of hydrogen-bond acceptors (Lipinski definition) is 4. The van der Waals surface area contributed by atoms with Gasteiger partial charge in [-0.1, -0.05) is 224 Å². The minimum atomic E-state index is -3.13. The zero-order chi connectivity index (χ0) is 46.9. The van der Waals surface area contributed by atoms with Crippen LogP contribution in [0.25, 0.3) is 66.9 Å². The van der Waals surface area contributed by atoms with Gasteiger partial charge in [0.1, 0.15) is 11.5 Å². The molecule has 1 aliphatic heterocycles. The molecule has 0 unspecified atom stereocenters. The maximum absolute atomic E-state index is 6.67. The highest BCUT2D eigenvalue weighted by Gasteiger charge is 2.43. The molecule has 71 heavy (non-hydrogen) atoms. The van der Waals surface area contributed by atoms with Crippen LogP contribution in [0.1, 0.15) is 0 Å². The maximum atomic E-state index is 6.67. The summed E-state index contributed by atoms with van der Waals surface area (Å²) in [5.74, 6) is 3.35. The summed E-state index contributed by atoms with van der Waals surface area (Å²) in [5.41, 5.74) is 8.31.